The van der Waals surface area contributed by atoms with E-state index < -0.39 is 10.0 Å². The molecular weight excluding hydrogens is 248 g/mol. The molecule has 0 fully saturated rings. The zero-order chi connectivity index (χ0) is 13.9. The lowest BCUT2D eigenvalue weighted by atomic mass is 10.1. The molecule has 1 aromatic carbocycles. The average molecular weight is 270 g/mol. The Balaban J connectivity index is 3.17. The monoisotopic (exact) mass is 270 g/mol. The maximum Gasteiger partial charge on any atom is 0.243 e. The van der Waals surface area contributed by atoms with Crippen LogP contribution in [0.3, 0.4) is 0 Å². The normalized spacial score (nSPS) is 13.8. The summed E-state index contributed by atoms with van der Waals surface area (Å²) in [6, 6.07) is 4.94. The van der Waals surface area contributed by atoms with E-state index >= 15 is 0 Å². The number of benzene rings is 1. The molecule has 1 rings (SSSR count). The summed E-state index contributed by atoms with van der Waals surface area (Å²) in [5.41, 5.74) is 7.36. The number of anilines is 1. The molecule has 1 unspecified atom stereocenters. The van der Waals surface area contributed by atoms with E-state index in [1.165, 1.54) is 4.31 Å². The molecule has 0 aliphatic rings. The Morgan fingerprint density at radius 3 is 2.39 bits per heavy atom. The van der Waals surface area contributed by atoms with Crippen LogP contribution in [0, 0.1) is 0 Å². The van der Waals surface area contributed by atoms with Crippen molar-refractivity contribution in [2.75, 3.05) is 12.8 Å². The molecule has 0 aliphatic carbocycles. The smallest absolute Gasteiger partial charge is 0.243 e. The predicted molar refractivity (Wildman–Crippen MR) is 74.9 cm³/mol. The van der Waals surface area contributed by atoms with E-state index in [0.29, 0.717) is 5.69 Å². The first-order chi connectivity index (χ1) is 8.34. The largest absolute Gasteiger partial charge is 0.398 e. The van der Waals surface area contributed by atoms with Crippen molar-refractivity contribution in [2.45, 2.75) is 44.6 Å². The van der Waals surface area contributed by atoms with Crippen molar-refractivity contribution in [1.82, 2.24) is 4.31 Å². The minimum atomic E-state index is -3.44. The lowest BCUT2D eigenvalue weighted by Gasteiger charge is -2.23. The van der Waals surface area contributed by atoms with Crippen LogP contribution in [0.5, 0.6) is 0 Å². The van der Waals surface area contributed by atoms with Gasteiger partial charge in [-0.05, 0) is 37.5 Å². The van der Waals surface area contributed by atoms with E-state index in [1.54, 1.807) is 25.2 Å². The number of rotatable bonds is 5. The molecule has 0 radical (unpaired) electrons. The zero-order valence-corrected chi connectivity index (χ0v) is 12.3. The number of hydrogen-bond donors (Lipinski definition) is 1. The number of aryl methyl sites for hydroxylation is 1. The summed E-state index contributed by atoms with van der Waals surface area (Å²) >= 11 is 0. The van der Waals surface area contributed by atoms with Crippen LogP contribution >= 0.6 is 0 Å². The van der Waals surface area contributed by atoms with E-state index in [2.05, 4.69) is 0 Å². The fourth-order valence-corrected chi connectivity index (χ4v) is 3.19. The summed E-state index contributed by atoms with van der Waals surface area (Å²) in [5, 5.41) is 0. The van der Waals surface area contributed by atoms with Crippen LogP contribution in [0.15, 0.2) is 23.1 Å². The Labute approximate surface area is 110 Å². The SMILES string of the molecule is CCc1ccc(S(=O)(=O)N(C)C(C)CC)cc1N. The van der Waals surface area contributed by atoms with Gasteiger partial charge in [0.2, 0.25) is 10.0 Å². The van der Waals surface area contributed by atoms with Gasteiger partial charge in [-0.15, -0.1) is 0 Å². The summed E-state index contributed by atoms with van der Waals surface area (Å²) in [6.45, 7) is 5.84. The Hall–Kier alpha value is -1.07. The van der Waals surface area contributed by atoms with Crippen molar-refractivity contribution in [2.24, 2.45) is 0 Å². The van der Waals surface area contributed by atoms with Gasteiger partial charge in [0.05, 0.1) is 4.90 Å². The maximum atomic E-state index is 12.4. The zero-order valence-electron chi connectivity index (χ0n) is 11.5. The molecule has 0 spiro atoms. The van der Waals surface area contributed by atoms with Gasteiger partial charge in [-0.1, -0.05) is 19.9 Å². The highest BCUT2D eigenvalue weighted by Gasteiger charge is 2.24. The first-order valence-electron chi connectivity index (χ1n) is 6.21. The van der Waals surface area contributed by atoms with Gasteiger partial charge in [-0.2, -0.15) is 4.31 Å². The maximum absolute atomic E-state index is 12.4. The molecular formula is C13H22N2O2S. The van der Waals surface area contributed by atoms with Gasteiger partial charge in [0.25, 0.3) is 0 Å². The summed E-state index contributed by atoms with van der Waals surface area (Å²) in [5.74, 6) is 0. The first kappa shape index (κ1) is 15.0. The molecule has 0 saturated heterocycles. The molecule has 0 bridgehead atoms. The molecule has 102 valence electrons. The number of nitrogens with zero attached hydrogens (tertiary/aromatic N) is 1. The quantitative estimate of drug-likeness (QED) is 0.835. The Bertz CT molecular complexity index is 512. The van der Waals surface area contributed by atoms with E-state index in [4.69, 9.17) is 5.73 Å². The van der Waals surface area contributed by atoms with Crippen LogP contribution in [-0.2, 0) is 16.4 Å². The van der Waals surface area contributed by atoms with Gasteiger partial charge >= 0.3 is 0 Å². The Morgan fingerprint density at radius 1 is 1.33 bits per heavy atom. The Morgan fingerprint density at radius 2 is 1.94 bits per heavy atom. The van der Waals surface area contributed by atoms with Crippen LogP contribution in [0.1, 0.15) is 32.8 Å². The van der Waals surface area contributed by atoms with Crippen LogP contribution in [-0.4, -0.2) is 25.8 Å². The molecule has 4 nitrogen and oxygen atoms in total. The summed E-state index contributed by atoms with van der Waals surface area (Å²) < 4.78 is 26.1. The van der Waals surface area contributed by atoms with E-state index in [-0.39, 0.29) is 10.9 Å². The van der Waals surface area contributed by atoms with Gasteiger partial charge in [0.15, 0.2) is 0 Å². The van der Waals surface area contributed by atoms with E-state index in [9.17, 15) is 8.42 Å². The van der Waals surface area contributed by atoms with Gasteiger partial charge in [0.1, 0.15) is 0 Å². The minimum Gasteiger partial charge on any atom is -0.398 e. The molecule has 5 heteroatoms. The summed E-state index contributed by atoms with van der Waals surface area (Å²) in [4.78, 5) is 0.264. The average Bonchev–Trinajstić information content (AvgIpc) is 2.36. The van der Waals surface area contributed by atoms with Crippen molar-refractivity contribution < 1.29 is 8.42 Å². The summed E-state index contributed by atoms with van der Waals surface area (Å²) in [6.07, 6.45) is 1.58. The second-order valence-corrected chi connectivity index (χ2v) is 6.49. The molecule has 0 heterocycles. The molecule has 1 atom stereocenters. The highest BCUT2D eigenvalue weighted by molar-refractivity contribution is 7.89. The first-order valence-corrected chi connectivity index (χ1v) is 7.65. The van der Waals surface area contributed by atoms with E-state index in [0.717, 1.165) is 18.4 Å². The summed E-state index contributed by atoms with van der Waals surface area (Å²) in [7, 11) is -1.84. The standard InChI is InChI=1S/C13H22N2O2S/c1-5-10(3)15(4)18(16,17)12-8-7-11(6-2)13(14)9-12/h7-10H,5-6,14H2,1-4H3. The third-order valence-electron chi connectivity index (χ3n) is 3.39. The third-order valence-corrected chi connectivity index (χ3v) is 5.35. The Kier molecular flexibility index (Phi) is 4.76. The van der Waals surface area contributed by atoms with Crippen molar-refractivity contribution in [3.05, 3.63) is 23.8 Å². The number of hydrogen-bond acceptors (Lipinski definition) is 3. The van der Waals surface area contributed by atoms with Gasteiger partial charge in [-0.3, -0.25) is 0 Å². The predicted octanol–water partition coefficient (Wildman–Crippen LogP) is 2.25. The topological polar surface area (TPSA) is 63.4 Å². The molecule has 2 N–H and O–H groups in total. The van der Waals surface area contributed by atoms with Crippen molar-refractivity contribution in [3.63, 3.8) is 0 Å². The van der Waals surface area contributed by atoms with Gasteiger partial charge in [0, 0.05) is 18.8 Å². The lowest BCUT2D eigenvalue weighted by Crippen LogP contribution is -2.34. The molecule has 1 aromatic rings. The number of nitrogens with two attached hydrogens (primary N) is 1. The van der Waals surface area contributed by atoms with Gasteiger partial charge in [-0.25, -0.2) is 8.42 Å². The number of nitrogen functional groups attached to an aromatic ring is 1. The van der Waals surface area contributed by atoms with Crippen molar-refractivity contribution >= 4 is 15.7 Å². The van der Waals surface area contributed by atoms with Crippen LogP contribution in [0.4, 0.5) is 5.69 Å². The highest BCUT2D eigenvalue weighted by Crippen LogP contribution is 2.22. The van der Waals surface area contributed by atoms with Crippen molar-refractivity contribution in [3.8, 4) is 0 Å². The van der Waals surface area contributed by atoms with Crippen LogP contribution in [0.2, 0.25) is 0 Å². The minimum absolute atomic E-state index is 0.0259. The van der Waals surface area contributed by atoms with Crippen molar-refractivity contribution in [1.29, 1.82) is 0 Å². The van der Waals surface area contributed by atoms with Crippen LogP contribution < -0.4 is 5.73 Å². The molecule has 18 heavy (non-hydrogen) atoms. The third kappa shape index (κ3) is 2.84. The second kappa shape index (κ2) is 5.71. The van der Waals surface area contributed by atoms with E-state index in [1.807, 2.05) is 20.8 Å². The van der Waals surface area contributed by atoms with Gasteiger partial charge < -0.3 is 5.73 Å². The van der Waals surface area contributed by atoms with Crippen LogP contribution in [0.25, 0.3) is 0 Å². The fraction of sp³-hybridized carbons (Fsp3) is 0.538. The molecule has 0 aliphatic heterocycles. The lowest BCUT2D eigenvalue weighted by molar-refractivity contribution is 0.380. The highest BCUT2D eigenvalue weighted by atomic mass is 32.2. The molecule has 0 saturated carbocycles. The molecule has 0 amide bonds. The number of sulfonamides is 1. The fourth-order valence-electron chi connectivity index (χ4n) is 1.72. The second-order valence-electron chi connectivity index (χ2n) is 4.49. The molecule has 0 aromatic heterocycles.